The number of rotatable bonds is 10. The number of hydrogen-bond donors (Lipinski definition) is 1. The highest BCUT2D eigenvalue weighted by molar-refractivity contribution is 7.17. The standard InChI is InChI=1S/C29H28FN3O5S/c1-36-27-16-19(8-9-26(27)38-15-12-33-10-13-37-14-11-33)29(35)31-17-25(34)24-7-3-6-23(32-24)21-18-39-28-20(21)4-2-5-22(28)30/h2-9,16,18H,10-15,17H2,1H3,(H,31,35). The van der Waals surface area contributed by atoms with E-state index in [0.29, 0.717) is 34.1 Å². The maximum absolute atomic E-state index is 14.1. The van der Waals surface area contributed by atoms with Crippen molar-refractivity contribution in [1.82, 2.24) is 15.2 Å². The van der Waals surface area contributed by atoms with Crippen LogP contribution in [0.25, 0.3) is 21.3 Å². The Morgan fingerprint density at radius 2 is 1.92 bits per heavy atom. The summed E-state index contributed by atoms with van der Waals surface area (Å²) in [7, 11) is 1.51. The number of carbonyl (C=O) groups excluding carboxylic acids is 2. The largest absolute Gasteiger partial charge is 0.493 e. The van der Waals surface area contributed by atoms with Crippen molar-refractivity contribution < 1.29 is 28.2 Å². The third-order valence-corrected chi connectivity index (χ3v) is 7.47. The van der Waals surface area contributed by atoms with Crippen LogP contribution < -0.4 is 14.8 Å². The van der Waals surface area contributed by atoms with E-state index in [2.05, 4.69) is 15.2 Å². The number of fused-ring (bicyclic) bond motifs is 1. The van der Waals surface area contributed by atoms with Gasteiger partial charge in [-0.05, 0) is 36.4 Å². The Labute approximate surface area is 229 Å². The minimum atomic E-state index is -0.419. The molecule has 0 aliphatic carbocycles. The molecule has 0 saturated carbocycles. The first-order valence-corrected chi connectivity index (χ1v) is 13.5. The van der Waals surface area contributed by atoms with Gasteiger partial charge in [-0.15, -0.1) is 11.3 Å². The van der Waals surface area contributed by atoms with Gasteiger partial charge in [0.2, 0.25) is 0 Å². The third-order valence-electron chi connectivity index (χ3n) is 6.47. The lowest BCUT2D eigenvalue weighted by atomic mass is 10.1. The minimum absolute atomic E-state index is 0.213. The fourth-order valence-electron chi connectivity index (χ4n) is 4.35. The Bertz CT molecular complexity index is 1490. The van der Waals surface area contributed by atoms with Crippen molar-refractivity contribution in [2.75, 3.05) is 53.1 Å². The Morgan fingerprint density at radius 3 is 2.74 bits per heavy atom. The Balaban J connectivity index is 1.20. The average molecular weight is 550 g/mol. The molecule has 202 valence electrons. The monoisotopic (exact) mass is 549 g/mol. The number of methoxy groups -OCH3 is 1. The van der Waals surface area contributed by atoms with Gasteiger partial charge in [0.1, 0.15) is 18.1 Å². The van der Waals surface area contributed by atoms with E-state index < -0.39 is 5.91 Å². The molecule has 1 aliphatic heterocycles. The second kappa shape index (κ2) is 12.3. The van der Waals surface area contributed by atoms with Crippen LogP contribution in [0.1, 0.15) is 20.8 Å². The first-order chi connectivity index (χ1) is 19.0. The molecule has 1 N–H and O–H groups in total. The Morgan fingerprint density at radius 1 is 1.10 bits per heavy atom. The first kappa shape index (κ1) is 26.7. The summed E-state index contributed by atoms with van der Waals surface area (Å²) in [4.78, 5) is 32.4. The topological polar surface area (TPSA) is 90.0 Å². The van der Waals surface area contributed by atoms with Crippen molar-refractivity contribution in [2.45, 2.75) is 0 Å². The number of morpholine rings is 1. The van der Waals surface area contributed by atoms with Crippen LogP contribution in [0, 0.1) is 5.82 Å². The molecule has 0 unspecified atom stereocenters. The van der Waals surface area contributed by atoms with Crippen LogP contribution in [0.15, 0.2) is 60.0 Å². The summed E-state index contributed by atoms with van der Waals surface area (Å²) >= 11 is 1.29. The minimum Gasteiger partial charge on any atom is -0.493 e. The van der Waals surface area contributed by atoms with E-state index in [-0.39, 0.29) is 23.8 Å². The fraction of sp³-hybridized carbons (Fsp3) is 0.276. The predicted octanol–water partition coefficient (Wildman–Crippen LogP) is 4.43. The number of thiophene rings is 1. The van der Waals surface area contributed by atoms with E-state index in [0.717, 1.165) is 43.8 Å². The molecule has 2 aromatic carbocycles. The molecule has 10 heteroatoms. The van der Waals surface area contributed by atoms with Gasteiger partial charge in [0.15, 0.2) is 17.3 Å². The third kappa shape index (κ3) is 6.25. The number of carbonyl (C=O) groups is 2. The second-order valence-corrected chi connectivity index (χ2v) is 9.83. The molecular formula is C29H28FN3O5S. The van der Waals surface area contributed by atoms with Gasteiger partial charge in [-0.1, -0.05) is 18.2 Å². The van der Waals surface area contributed by atoms with E-state index in [1.807, 2.05) is 11.4 Å². The molecule has 1 fully saturated rings. The van der Waals surface area contributed by atoms with Gasteiger partial charge in [-0.2, -0.15) is 0 Å². The highest BCUT2D eigenvalue weighted by Gasteiger charge is 2.17. The molecule has 4 aromatic rings. The number of amides is 1. The lowest BCUT2D eigenvalue weighted by Crippen LogP contribution is -2.38. The van der Waals surface area contributed by atoms with Crippen LogP contribution in [0.4, 0.5) is 4.39 Å². The van der Waals surface area contributed by atoms with Crippen molar-refractivity contribution in [1.29, 1.82) is 0 Å². The van der Waals surface area contributed by atoms with Crippen LogP contribution in [0.5, 0.6) is 11.5 Å². The number of pyridine rings is 1. The van der Waals surface area contributed by atoms with Crippen LogP contribution in [-0.2, 0) is 4.74 Å². The van der Waals surface area contributed by atoms with Crippen molar-refractivity contribution in [3.63, 3.8) is 0 Å². The molecule has 5 rings (SSSR count). The van der Waals surface area contributed by atoms with E-state index >= 15 is 0 Å². The quantitative estimate of drug-likeness (QED) is 0.293. The van der Waals surface area contributed by atoms with E-state index in [9.17, 15) is 14.0 Å². The van der Waals surface area contributed by atoms with Gasteiger partial charge < -0.3 is 19.5 Å². The molecule has 8 nitrogen and oxygen atoms in total. The summed E-state index contributed by atoms with van der Waals surface area (Å²) in [5.74, 6) is -0.0733. The maximum Gasteiger partial charge on any atom is 0.251 e. The van der Waals surface area contributed by atoms with Crippen LogP contribution in [0.3, 0.4) is 0 Å². The van der Waals surface area contributed by atoms with Gasteiger partial charge in [0.25, 0.3) is 5.91 Å². The van der Waals surface area contributed by atoms with E-state index in [1.165, 1.54) is 24.5 Å². The summed E-state index contributed by atoms with van der Waals surface area (Å²) < 4.78 is 31.3. The molecule has 0 bridgehead atoms. The van der Waals surface area contributed by atoms with Crippen molar-refractivity contribution >= 4 is 33.1 Å². The molecule has 1 amide bonds. The number of nitrogens with one attached hydrogen (secondary N) is 1. The molecule has 1 saturated heterocycles. The van der Waals surface area contributed by atoms with Crippen LogP contribution in [-0.4, -0.2) is 74.7 Å². The molecule has 0 spiro atoms. The Hall–Kier alpha value is -3.86. The summed E-state index contributed by atoms with van der Waals surface area (Å²) in [5, 5.41) is 5.23. The molecule has 0 atom stereocenters. The highest BCUT2D eigenvalue weighted by Crippen LogP contribution is 2.34. The number of benzene rings is 2. The Kier molecular flexibility index (Phi) is 8.45. The summed E-state index contributed by atoms with van der Waals surface area (Å²) in [5.41, 5.74) is 1.88. The number of nitrogens with zero attached hydrogens (tertiary/aromatic N) is 2. The van der Waals surface area contributed by atoms with Gasteiger partial charge in [0.05, 0.1) is 37.3 Å². The van der Waals surface area contributed by atoms with Crippen molar-refractivity contribution in [2.24, 2.45) is 0 Å². The number of ether oxygens (including phenoxy) is 3. The summed E-state index contributed by atoms with van der Waals surface area (Å²) in [6.45, 7) is 4.24. The molecular weight excluding hydrogens is 521 g/mol. The molecule has 1 aliphatic rings. The van der Waals surface area contributed by atoms with Gasteiger partial charge >= 0.3 is 0 Å². The smallest absolute Gasteiger partial charge is 0.251 e. The molecule has 0 radical (unpaired) electrons. The first-order valence-electron chi connectivity index (χ1n) is 12.6. The molecule has 2 aromatic heterocycles. The highest BCUT2D eigenvalue weighted by atomic mass is 32.1. The zero-order chi connectivity index (χ0) is 27.2. The number of ketones is 1. The predicted molar refractivity (Wildman–Crippen MR) is 147 cm³/mol. The normalized spacial score (nSPS) is 13.8. The number of aromatic nitrogens is 1. The number of hydrogen-bond acceptors (Lipinski definition) is 8. The zero-order valence-corrected chi connectivity index (χ0v) is 22.3. The van der Waals surface area contributed by atoms with Gasteiger partial charge in [-0.25, -0.2) is 9.37 Å². The van der Waals surface area contributed by atoms with E-state index in [1.54, 1.807) is 42.5 Å². The summed E-state index contributed by atoms with van der Waals surface area (Å²) in [6.07, 6.45) is 0. The van der Waals surface area contributed by atoms with Crippen molar-refractivity contribution in [3.8, 4) is 22.8 Å². The molecule has 39 heavy (non-hydrogen) atoms. The van der Waals surface area contributed by atoms with Crippen molar-refractivity contribution in [3.05, 3.63) is 77.1 Å². The van der Waals surface area contributed by atoms with Crippen LogP contribution in [0.2, 0.25) is 0 Å². The summed E-state index contributed by atoms with van der Waals surface area (Å²) in [6, 6.07) is 14.9. The number of Topliss-reactive ketones (excluding diaryl/α,β-unsaturated/α-hetero) is 1. The average Bonchev–Trinajstić information content (AvgIpc) is 3.42. The number of halogens is 1. The lowest BCUT2D eigenvalue weighted by molar-refractivity contribution is 0.0321. The lowest BCUT2D eigenvalue weighted by Gasteiger charge is -2.26. The second-order valence-electron chi connectivity index (χ2n) is 8.95. The van der Waals surface area contributed by atoms with Gasteiger partial charge in [-0.3, -0.25) is 14.5 Å². The SMILES string of the molecule is COc1cc(C(=O)NCC(=O)c2cccc(-c3csc4c(F)cccc34)n2)ccc1OCCN1CCOCC1. The zero-order valence-electron chi connectivity index (χ0n) is 21.4. The van der Waals surface area contributed by atoms with Gasteiger partial charge in [0, 0.05) is 41.5 Å². The maximum atomic E-state index is 14.1. The van der Waals surface area contributed by atoms with Crippen LogP contribution >= 0.6 is 11.3 Å². The molecule has 3 heterocycles. The van der Waals surface area contributed by atoms with E-state index in [4.69, 9.17) is 14.2 Å². The fourth-order valence-corrected chi connectivity index (χ4v) is 5.32.